The van der Waals surface area contributed by atoms with Crippen LogP contribution in [0.15, 0.2) is 0 Å². The van der Waals surface area contributed by atoms with Gasteiger partial charge in [-0.15, -0.1) is 0 Å². The normalized spacial score (nSPS) is 25.6. The first-order valence-electron chi connectivity index (χ1n) is 13.4. The van der Waals surface area contributed by atoms with Crippen LogP contribution in [0.1, 0.15) is 104 Å². The molecule has 0 spiro atoms. The number of nitrogens with zero attached hydrogens (tertiary/aromatic N) is 1. The third kappa shape index (κ3) is 12.0. The maximum atomic E-state index is 13.1. The lowest BCUT2D eigenvalue weighted by molar-refractivity contribution is -0.134. The van der Waals surface area contributed by atoms with Crippen LogP contribution >= 0.6 is 0 Å². The van der Waals surface area contributed by atoms with Crippen LogP contribution in [0.25, 0.3) is 0 Å². The van der Waals surface area contributed by atoms with Gasteiger partial charge in [0.05, 0.1) is 6.04 Å². The van der Waals surface area contributed by atoms with Crippen molar-refractivity contribution < 1.29 is 19.2 Å². The van der Waals surface area contributed by atoms with E-state index < -0.39 is 12.1 Å². The third-order valence-electron chi connectivity index (χ3n) is 6.78. The van der Waals surface area contributed by atoms with Gasteiger partial charge in [-0.1, -0.05) is 65.7 Å². The Kier molecular flexibility index (Phi) is 14.8. The lowest BCUT2D eigenvalue weighted by Crippen LogP contribution is -2.51. The summed E-state index contributed by atoms with van der Waals surface area (Å²) < 4.78 is 0. The molecule has 0 saturated carbocycles. The maximum Gasteiger partial charge on any atom is 0.243 e. The van der Waals surface area contributed by atoms with Crippen molar-refractivity contribution in [3.63, 3.8) is 0 Å². The fourth-order valence-electron chi connectivity index (χ4n) is 4.87. The molecule has 1 saturated heterocycles. The molecular weight excluding hydrogens is 430 g/mol. The molecule has 0 aromatic carbocycles. The molecule has 7 heteroatoms. The van der Waals surface area contributed by atoms with Gasteiger partial charge in [0.15, 0.2) is 0 Å². The van der Waals surface area contributed by atoms with Crippen molar-refractivity contribution in [2.75, 3.05) is 14.1 Å². The molecule has 1 heterocycles. The van der Waals surface area contributed by atoms with Crippen molar-refractivity contribution >= 4 is 24.0 Å². The number of unbranched alkanes of at least 4 members (excludes halogenated alkanes) is 3. The van der Waals surface area contributed by atoms with E-state index in [0.717, 1.165) is 38.5 Å². The summed E-state index contributed by atoms with van der Waals surface area (Å²) in [5, 5.41) is 5.76. The zero-order chi connectivity index (χ0) is 25.5. The molecule has 0 bridgehead atoms. The van der Waals surface area contributed by atoms with Gasteiger partial charge < -0.3 is 20.3 Å². The van der Waals surface area contributed by atoms with Crippen molar-refractivity contribution in [1.82, 2.24) is 15.5 Å². The minimum absolute atomic E-state index is 0.00810. The van der Waals surface area contributed by atoms with Gasteiger partial charge in [-0.3, -0.25) is 14.4 Å². The molecule has 0 aromatic rings. The monoisotopic (exact) mass is 479 g/mol. The predicted octanol–water partition coefficient (Wildman–Crippen LogP) is 4.24. The molecule has 0 aliphatic carbocycles. The predicted molar refractivity (Wildman–Crippen MR) is 136 cm³/mol. The lowest BCUT2D eigenvalue weighted by Gasteiger charge is -2.26. The van der Waals surface area contributed by atoms with Gasteiger partial charge in [0.25, 0.3) is 0 Å². The van der Waals surface area contributed by atoms with Gasteiger partial charge in [0.2, 0.25) is 17.7 Å². The minimum atomic E-state index is -0.746. The largest absolute Gasteiger partial charge is 0.349 e. The zero-order valence-electron chi connectivity index (χ0n) is 22.2. The minimum Gasteiger partial charge on any atom is -0.349 e. The van der Waals surface area contributed by atoms with Crippen molar-refractivity contribution in [3.05, 3.63) is 0 Å². The van der Waals surface area contributed by atoms with E-state index >= 15 is 0 Å². The Labute approximate surface area is 207 Å². The maximum absolute atomic E-state index is 13.1. The average molecular weight is 480 g/mol. The summed E-state index contributed by atoms with van der Waals surface area (Å²) in [7, 11) is 3.45. The van der Waals surface area contributed by atoms with Gasteiger partial charge in [0, 0.05) is 26.4 Å². The Balaban J connectivity index is 3.04. The molecule has 3 unspecified atom stereocenters. The van der Waals surface area contributed by atoms with Gasteiger partial charge in [-0.05, 0) is 43.9 Å². The van der Waals surface area contributed by atoms with E-state index in [1.165, 1.54) is 19.3 Å². The van der Waals surface area contributed by atoms with Crippen LogP contribution < -0.4 is 10.6 Å². The standard InChI is InChI=1S/C27H49N3O4/c1-6-7-8-10-13-21-14-11-9-12-15-22(27(34)30(4)5)18-23(19-31)28-26(33)24(16-20(2)3)29-25(32)17-21/h19-24H,6-18H2,1-5H3,(H,28,33)(H,29,32)/t21?,22?,23?,24-/m0/s1. The quantitative estimate of drug-likeness (QED) is 0.382. The summed E-state index contributed by atoms with van der Waals surface area (Å²) in [6, 6.07) is -1.42. The molecule has 0 radical (unpaired) electrons. The summed E-state index contributed by atoms with van der Waals surface area (Å²) in [6.07, 6.45) is 12.3. The molecule has 0 aromatic heterocycles. The number of aldehydes is 1. The highest BCUT2D eigenvalue weighted by Gasteiger charge is 2.29. The molecule has 3 amide bonds. The van der Waals surface area contributed by atoms with E-state index in [0.29, 0.717) is 31.5 Å². The fourth-order valence-corrected chi connectivity index (χ4v) is 4.87. The Morgan fingerprint density at radius 1 is 1.06 bits per heavy atom. The summed E-state index contributed by atoms with van der Waals surface area (Å²) in [5.74, 6) is -0.221. The number of amides is 3. The van der Waals surface area contributed by atoms with Gasteiger partial charge >= 0.3 is 0 Å². The smallest absolute Gasteiger partial charge is 0.243 e. The zero-order valence-corrected chi connectivity index (χ0v) is 22.2. The third-order valence-corrected chi connectivity index (χ3v) is 6.78. The van der Waals surface area contributed by atoms with Crippen LogP contribution in [0.3, 0.4) is 0 Å². The van der Waals surface area contributed by atoms with Gasteiger partial charge in [0.1, 0.15) is 12.3 Å². The molecule has 1 aliphatic rings. The Hall–Kier alpha value is -1.92. The Bertz CT molecular complexity index is 635. The first-order chi connectivity index (χ1) is 16.2. The number of nitrogens with one attached hydrogen (secondary N) is 2. The lowest BCUT2D eigenvalue weighted by atomic mass is 9.89. The number of carbonyl (C=O) groups is 4. The number of carbonyl (C=O) groups excluding carboxylic acids is 4. The molecule has 7 nitrogen and oxygen atoms in total. The van der Waals surface area contributed by atoms with Crippen LogP contribution in [0.2, 0.25) is 0 Å². The highest BCUT2D eigenvalue weighted by molar-refractivity contribution is 5.89. The molecule has 2 N–H and O–H groups in total. The van der Waals surface area contributed by atoms with Gasteiger partial charge in [-0.25, -0.2) is 0 Å². The first kappa shape index (κ1) is 30.1. The van der Waals surface area contributed by atoms with Crippen LogP contribution in [-0.2, 0) is 19.2 Å². The molecule has 4 atom stereocenters. The first-order valence-corrected chi connectivity index (χ1v) is 13.4. The van der Waals surface area contributed by atoms with E-state index in [2.05, 4.69) is 17.6 Å². The Morgan fingerprint density at radius 3 is 2.38 bits per heavy atom. The second kappa shape index (κ2) is 16.7. The molecule has 34 heavy (non-hydrogen) atoms. The van der Waals surface area contributed by atoms with Crippen LogP contribution in [-0.4, -0.2) is 55.1 Å². The van der Waals surface area contributed by atoms with E-state index in [4.69, 9.17) is 0 Å². The number of hydrogen-bond donors (Lipinski definition) is 2. The van der Waals surface area contributed by atoms with Crippen molar-refractivity contribution in [2.24, 2.45) is 17.8 Å². The van der Waals surface area contributed by atoms with E-state index in [1.807, 2.05) is 13.8 Å². The van der Waals surface area contributed by atoms with Crippen LogP contribution in [0.5, 0.6) is 0 Å². The number of hydrogen-bond acceptors (Lipinski definition) is 4. The summed E-state index contributed by atoms with van der Waals surface area (Å²) in [4.78, 5) is 52.1. The van der Waals surface area contributed by atoms with Crippen LogP contribution in [0.4, 0.5) is 0 Å². The molecule has 196 valence electrons. The van der Waals surface area contributed by atoms with Gasteiger partial charge in [-0.2, -0.15) is 0 Å². The second-order valence-corrected chi connectivity index (χ2v) is 10.7. The molecule has 1 aliphatic heterocycles. The average Bonchev–Trinajstić information content (AvgIpc) is 2.78. The molecule has 1 rings (SSSR count). The van der Waals surface area contributed by atoms with E-state index in [9.17, 15) is 19.2 Å². The fraction of sp³-hybridized carbons (Fsp3) is 0.852. The molecule has 1 fully saturated rings. The summed E-state index contributed by atoms with van der Waals surface area (Å²) in [6.45, 7) is 6.21. The topological polar surface area (TPSA) is 95.6 Å². The van der Waals surface area contributed by atoms with Crippen molar-refractivity contribution in [1.29, 1.82) is 0 Å². The molecular formula is C27H49N3O4. The Morgan fingerprint density at radius 2 is 1.76 bits per heavy atom. The van der Waals surface area contributed by atoms with E-state index in [-0.39, 0.29) is 36.0 Å². The number of rotatable bonds is 9. The van der Waals surface area contributed by atoms with Crippen LogP contribution in [0, 0.1) is 17.8 Å². The second-order valence-electron chi connectivity index (χ2n) is 10.7. The van der Waals surface area contributed by atoms with Crippen molar-refractivity contribution in [3.8, 4) is 0 Å². The SMILES string of the molecule is CCCCCCC1CCCCCC(C(=O)N(C)C)CC(C=O)NC(=O)[C@H](CC(C)C)NC(=O)C1. The van der Waals surface area contributed by atoms with E-state index in [1.54, 1.807) is 19.0 Å². The summed E-state index contributed by atoms with van der Waals surface area (Å²) >= 11 is 0. The summed E-state index contributed by atoms with van der Waals surface area (Å²) in [5.41, 5.74) is 0. The highest BCUT2D eigenvalue weighted by Crippen LogP contribution is 2.24. The highest BCUT2D eigenvalue weighted by atomic mass is 16.2. The van der Waals surface area contributed by atoms with Crippen molar-refractivity contribution in [2.45, 2.75) is 116 Å².